The fourth-order valence-corrected chi connectivity index (χ4v) is 3.94. The van der Waals surface area contributed by atoms with Crippen molar-refractivity contribution in [2.45, 2.75) is 0 Å². The minimum atomic E-state index is -0.0992. The van der Waals surface area contributed by atoms with E-state index in [2.05, 4.69) is 51.4 Å². The van der Waals surface area contributed by atoms with Crippen LogP contribution in [0, 0.1) is 0 Å². The Balaban J connectivity index is 1.45. The Morgan fingerprint density at radius 1 is 1.00 bits per heavy atom. The lowest BCUT2D eigenvalue weighted by Gasteiger charge is -2.34. The van der Waals surface area contributed by atoms with Crippen LogP contribution in [0.3, 0.4) is 0 Å². The lowest BCUT2D eigenvalue weighted by Crippen LogP contribution is -2.44. The number of nitrogens with one attached hydrogen (secondary N) is 1. The minimum Gasteiger partial charge on any atom is -0.369 e. The highest BCUT2D eigenvalue weighted by atomic mass is 32.2. The van der Waals surface area contributed by atoms with Gasteiger partial charge in [0, 0.05) is 31.9 Å². The molecule has 2 aromatic rings. The van der Waals surface area contributed by atoms with E-state index in [1.165, 1.54) is 17.4 Å². The van der Waals surface area contributed by atoms with Crippen LogP contribution < -0.4 is 10.2 Å². The van der Waals surface area contributed by atoms with Crippen LogP contribution in [0.1, 0.15) is 5.56 Å². The lowest BCUT2D eigenvalue weighted by atomic mass is 10.1. The number of amides is 1. The first kappa shape index (κ1) is 17.8. The number of benzene rings is 2. The monoisotopic (exact) mass is 378 g/mol. The zero-order valence-corrected chi connectivity index (χ0v) is 16.1. The predicted octanol–water partition coefficient (Wildman–Crippen LogP) is 3.33. The summed E-state index contributed by atoms with van der Waals surface area (Å²) < 4.78 is 0. The van der Waals surface area contributed by atoms with Crippen molar-refractivity contribution < 1.29 is 4.79 Å². The standard InChI is InChI=1S/C21H22N4OS/c1-24-11-13-25(14-12-24)18-9-7-16(8-10-18)15-19-20(26)23-21(27-19)22-17-5-3-2-4-6-17/h2-10,15H,11-14H2,1H3,(H,22,23,26)/b19-15+. The maximum Gasteiger partial charge on any atom is 0.264 e. The van der Waals surface area contributed by atoms with Gasteiger partial charge in [-0.05, 0) is 54.7 Å². The number of amidine groups is 1. The normalized spacial score (nSPS) is 21.1. The van der Waals surface area contributed by atoms with E-state index in [0.717, 1.165) is 37.4 Å². The molecule has 2 aliphatic heterocycles. The van der Waals surface area contributed by atoms with Crippen LogP contribution in [0.5, 0.6) is 0 Å². The number of anilines is 1. The van der Waals surface area contributed by atoms with Crippen molar-refractivity contribution in [3.8, 4) is 0 Å². The molecule has 2 aliphatic rings. The fourth-order valence-electron chi connectivity index (χ4n) is 3.10. The van der Waals surface area contributed by atoms with Gasteiger partial charge in [-0.15, -0.1) is 0 Å². The predicted molar refractivity (Wildman–Crippen MR) is 113 cm³/mol. The number of carbonyl (C=O) groups is 1. The first-order chi connectivity index (χ1) is 13.2. The van der Waals surface area contributed by atoms with Gasteiger partial charge < -0.3 is 15.1 Å². The summed E-state index contributed by atoms with van der Waals surface area (Å²) in [6, 6.07) is 18.0. The first-order valence-electron chi connectivity index (χ1n) is 9.05. The van der Waals surface area contributed by atoms with E-state index < -0.39 is 0 Å². The Morgan fingerprint density at radius 2 is 1.70 bits per heavy atom. The average molecular weight is 379 g/mol. The van der Waals surface area contributed by atoms with Gasteiger partial charge in [0.05, 0.1) is 10.6 Å². The zero-order chi connectivity index (χ0) is 18.6. The molecular weight excluding hydrogens is 356 g/mol. The fraction of sp³-hybridized carbons (Fsp3) is 0.238. The summed E-state index contributed by atoms with van der Waals surface area (Å²) in [4.78, 5) is 22.1. The van der Waals surface area contributed by atoms with Crippen LogP contribution in [0.25, 0.3) is 6.08 Å². The largest absolute Gasteiger partial charge is 0.369 e. The van der Waals surface area contributed by atoms with Crippen LogP contribution in [0.4, 0.5) is 11.4 Å². The molecule has 0 unspecified atom stereocenters. The summed E-state index contributed by atoms with van der Waals surface area (Å²) in [7, 11) is 2.16. The van der Waals surface area contributed by atoms with Gasteiger partial charge in [-0.3, -0.25) is 4.79 Å². The topological polar surface area (TPSA) is 47.9 Å². The molecule has 0 aromatic heterocycles. The van der Waals surface area contributed by atoms with Gasteiger partial charge in [0.25, 0.3) is 5.91 Å². The third-order valence-corrected chi connectivity index (χ3v) is 5.61. The average Bonchev–Trinajstić information content (AvgIpc) is 3.03. The van der Waals surface area contributed by atoms with Crippen molar-refractivity contribution >= 4 is 40.3 Å². The molecular formula is C21H22N4OS. The van der Waals surface area contributed by atoms with Crippen LogP contribution in [-0.4, -0.2) is 49.2 Å². The molecule has 0 saturated carbocycles. The number of rotatable bonds is 3. The van der Waals surface area contributed by atoms with Crippen LogP contribution >= 0.6 is 11.8 Å². The quantitative estimate of drug-likeness (QED) is 0.833. The molecule has 0 bridgehead atoms. The van der Waals surface area contributed by atoms with E-state index in [1.54, 1.807) is 0 Å². The van der Waals surface area contributed by atoms with Gasteiger partial charge in [-0.1, -0.05) is 30.3 Å². The molecule has 2 aromatic carbocycles. The Labute approximate surface area is 163 Å². The van der Waals surface area contributed by atoms with Gasteiger partial charge in [-0.2, -0.15) is 0 Å². The van der Waals surface area contributed by atoms with E-state index in [0.29, 0.717) is 10.1 Å². The van der Waals surface area contributed by atoms with E-state index in [9.17, 15) is 4.79 Å². The molecule has 27 heavy (non-hydrogen) atoms. The number of piperazine rings is 1. The Kier molecular flexibility index (Phi) is 5.27. The molecule has 6 heteroatoms. The van der Waals surface area contributed by atoms with Crippen molar-refractivity contribution in [2.75, 3.05) is 38.1 Å². The van der Waals surface area contributed by atoms with E-state index >= 15 is 0 Å². The molecule has 138 valence electrons. The smallest absolute Gasteiger partial charge is 0.264 e. The SMILES string of the molecule is CN1CCN(c2ccc(/C=C3/SC(=Nc4ccccc4)NC3=O)cc2)CC1. The number of aliphatic imine (C=N–C) groups is 1. The highest BCUT2D eigenvalue weighted by Crippen LogP contribution is 2.28. The molecule has 4 rings (SSSR count). The van der Waals surface area contributed by atoms with Gasteiger partial charge in [0.2, 0.25) is 0 Å². The van der Waals surface area contributed by atoms with Gasteiger partial charge in [0.1, 0.15) is 0 Å². The van der Waals surface area contributed by atoms with Gasteiger partial charge in [0.15, 0.2) is 5.17 Å². The number of likely N-dealkylation sites (N-methyl/N-ethyl adjacent to an activating group) is 1. The molecule has 1 amide bonds. The highest BCUT2D eigenvalue weighted by Gasteiger charge is 2.23. The summed E-state index contributed by atoms with van der Waals surface area (Å²) >= 11 is 1.38. The number of hydrogen-bond acceptors (Lipinski definition) is 5. The third kappa shape index (κ3) is 4.40. The number of hydrogen-bond donors (Lipinski definition) is 1. The van der Waals surface area contributed by atoms with Crippen molar-refractivity contribution in [3.63, 3.8) is 0 Å². The summed E-state index contributed by atoms with van der Waals surface area (Å²) in [6.45, 7) is 4.28. The van der Waals surface area contributed by atoms with E-state index in [4.69, 9.17) is 0 Å². The van der Waals surface area contributed by atoms with Gasteiger partial charge in [-0.25, -0.2) is 4.99 Å². The van der Waals surface area contributed by atoms with Crippen molar-refractivity contribution in [1.82, 2.24) is 10.2 Å². The Morgan fingerprint density at radius 3 is 2.41 bits per heavy atom. The molecule has 5 nitrogen and oxygen atoms in total. The summed E-state index contributed by atoms with van der Waals surface area (Å²) in [5, 5.41) is 3.45. The summed E-state index contributed by atoms with van der Waals surface area (Å²) in [5.74, 6) is -0.0992. The molecule has 0 aliphatic carbocycles. The Bertz CT molecular complexity index is 869. The maximum atomic E-state index is 12.2. The molecule has 1 N–H and O–H groups in total. The molecule has 2 saturated heterocycles. The van der Waals surface area contributed by atoms with Crippen molar-refractivity contribution in [3.05, 3.63) is 65.1 Å². The van der Waals surface area contributed by atoms with Crippen LogP contribution in [-0.2, 0) is 4.79 Å². The second-order valence-corrected chi connectivity index (χ2v) is 7.73. The third-order valence-electron chi connectivity index (χ3n) is 4.70. The second-order valence-electron chi connectivity index (χ2n) is 6.70. The maximum absolute atomic E-state index is 12.2. The van der Waals surface area contributed by atoms with Crippen LogP contribution in [0.15, 0.2) is 64.5 Å². The number of para-hydroxylation sites is 1. The molecule has 0 radical (unpaired) electrons. The summed E-state index contributed by atoms with van der Waals surface area (Å²) in [5.41, 5.74) is 3.09. The number of carbonyl (C=O) groups excluding carboxylic acids is 1. The zero-order valence-electron chi connectivity index (χ0n) is 15.3. The Hall–Kier alpha value is -2.57. The molecule has 0 atom stereocenters. The van der Waals surface area contributed by atoms with E-state index in [1.807, 2.05) is 36.4 Å². The van der Waals surface area contributed by atoms with E-state index in [-0.39, 0.29) is 5.91 Å². The first-order valence-corrected chi connectivity index (χ1v) is 9.87. The molecule has 0 spiro atoms. The van der Waals surface area contributed by atoms with Crippen LogP contribution in [0.2, 0.25) is 0 Å². The van der Waals surface area contributed by atoms with Crippen molar-refractivity contribution in [1.29, 1.82) is 0 Å². The minimum absolute atomic E-state index is 0.0992. The van der Waals surface area contributed by atoms with Gasteiger partial charge >= 0.3 is 0 Å². The lowest BCUT2D eigenvalue weighted by molar-refractivity contribution is -0.115. The molecule has 2 fully saturated rings. The molecule has 2 heterocycles. The number of thioether (sulfide) groups is 1. The number of nitrogens with zero attached hydrogens (tertiary/aromatic N) is 3. The summed E-state index contributed by atoms with van der Waals surface area (Å²) in [6.07, 6.45) is 1.92. The highest BCUT2D eigenvalue weighted by molar-refractivity contribution is 8.18. The van der Waals surface area contributed by atoms with Crippen molar-refractivity contribution in [2.24, 2.45) is 4.99 Å². The second kappa shape index (κ2) is 7.98.